The van der Waals surface area contributed by atoms with Crippen molar-refractivity contribution >= 4 is 5.69 Å². The van der Waals surface area contributed by atoms with Gasteiger partial charge in [-0.15, -0.1) is 0 Å². The molecule has 6 nitrogen and oxygen atoms in total. The number of pyridine rings is 2. The van der Waals surface area contributed by atoms with Gasteiger partial charge in [-0.2, -0.15) is 0 Å². The number of anilines is 1. The average molecular weight is 400 g/mol. The first-order chi connectivity index (χ1) is 14.8. The van der Waals surface area contributed by atoms with Crippen molar-refractivity contribution in [1.29, 1.82) is 0 Å². The van der Waals surface area contributed by atoms with Gasteiger partial charge in [0, 0.05) is 37.4 Å². The zero-order chi connectivity index (χ0) is 20.0. The Balaban J connectivity index is 1.23. The molecule has 1 aromatic carbocycles. The van der Waals surface area contributed by atoms with Gasteiger partial charge in [-0.25, -0.2) is 0 Å². The number of hydrogen-bond donors (Lipinski definition) is 0. The van der Waals surface area contributed by atoms with E-state index in [2.05, 4.69) is 45.1 Å². The van der Waals surface area contributed by atoms with Crippen molar-refractivity contribution in [1.82, 2.24) is 14.9 Å². The molecule has 0 N–H and O–H groups in total. The lowest BCUT2D eigenvalue weighted by molar-refractivity contribution is 0.174. The Morgan fingerprint density at radius 3 is 2.77 bits per heavy atom. The highest BCUT2D eigenvalue weighted by Crippen LogP contribution is 2.46. The van der Waals surface area contributed by atoms with E-state index >= 15 is 0 Å². The summed E-state index contributed by atoms with van der Waals surface area (Å²) in [5.41, 5.74) is 4.95. The van der Waals surface area contributed by atoms with Gasteiger partial charge in [-0.3, -0.25) is 14.9 Å². The number of nitrogens with zero attached hydrogens (tertiary/aromatic N) is 4. The van der Waals surface area contributed by atoms with Gasteiger partial charge in [0.05, 0.1) is 23.6 Å². The van der Waals surface area contributed by atoms with E-state index in [4.69, 9.17) is 14.5 Å². The van der Waals surface area contributed by atoms with E-state index in [-0.39, 0.29) is 5.41 Å². The Morgan fingerprint density at radius 1 is 0.900 bits per heavy atom. The van der Waals surface area contributed by atoms with Crippen LogP contribution in [0, 0.1) is 0 Å². The monoisotopic (exact) mass is 400 g/mol. The zero-order valence-electron chi connectivity index (χ0n) is 16.8. The van der Waals surface area contributed by atoms with E-state index in [1.165, 1.54) is 16.9 Å². The van der Waals surface area contributed by atoms with Crippen LogP contribution < -0.4 is 14.4 Å². The van der Waals surface area contributed by atoms with Gasteiger partial charge < -0.3 is 14.4 Å². The third-order valence-corrected chi connectivity index (χ3v) is 6.48. The van der Waals surface area contributed by atoms with Crippen LogP contribution in [0.1, 0.15) is 23.4 Å². The van der Waals surface area contributed by atoms with Gasteiger partial charge in [0.15, 0.2) is 11.5 Å². The van der Waals surface area contributed by atoms with Crippen molar-refractivity contribution in [3.63, 3.8) is 0 Å². The van der Waals surface area contributed by atoms with Gasteiger partial charge in [-0.05, 0) is 54.9 Å². The van der Waals surface area contributed by atoms with Crippen LogP contribution in [-0.4, -0.2) is 41.3 Å². The smallest absolute Gasteiger partial charge is 0.231 e. The Morgan fingerprint density at radius 2 is 1.83 bits per heavy atom. The van der Waals surface area contributed by atoms with E-state index in [0.29, 0.717) is 6.79 Å². The van der Waals surface area contributed by atoms with Crippen molar-refractivity contribution in [2.75, 3.05) is 31.3 Å². The summed E-state index contributed by atoms with van der Waals surface area (Å²) in [6.45, 7) is 5.14. The molecule has 1 fully saturated rings. The lowest BCUT2D eigenvalue weighted by Gasteiger charge is -2.26. The van der Waals surface area contributed by atoms with Crippen LogP contribution in [0.2, 0.25) is 0 Å². The fraction of sp³-hybridized carbons (Fsp3) is 0.333. The minimum Gasteiger partial charge on any atom is -0.454 e. The SMILES string of the molecule is c1ccc(CN2C[C@]3(CCN(Cc4ccc5c(c4)OCO5)C3)c3ncccc32)nc1. The van der Waals surface area contributed by atoms with Gasteiger partial charge in [-0.1, -0.05) is 12.1 Å². The topological polar surface area (TPSA) is 50.7 Å². The van der Waals surface area contributed by atoms with Crippen LogP contribution in [0.5, 0.6) is 11.5 Å². The highest BCUT2D eigenvalue weighted by Gasteiger charge is 2.48. The predicted molar refractivity (Wildman–Crippen MR) is 114 cm³/mol. The normalized spacial score (nSPS) is 22.1. The molecule has 6 rings (SSSR count). The second-order valence-corrected chi connectivity index (χ2v) is 8.48. The van der Waals surface area contributed by atoms with Crippen LogP contribution in [0.15, 0.2) is 60.9 Å². The van der Waals surface area contributed by atoms with Crippen LogP contribution in [-0.2, 0) is 18.5 Å². The Labute approximate surface area is 176 Å². The minimum absolute atomic E-state index is 0.0850. The molecule has 0 radical (unpaired) electrons. The van der Waals surface area contributed by atoms with Gasteiger partial charge in [0.1, 0.15) is 0 Å². The Bertz CT molecular complexity index is 1070. The molecular weight excluding hydrogens is 376 g/mol. The van der Waals surface area contributed by atoms with Gasteiger partial charge in [0.25, 0.3) is 0 Å². The first kappa shape index (κ1) is 17.7. The van der Waals surface area contributed by atoms with E-state index < -0.39 is 0 Å². The Kier molecular flexibility index (Phi) is 4.13. The lowest BCUT2D eigenvalue weighted by Crippen LogP contribution is -2.36. The Hall–Kier alpha value is -3.12. The maximum Gasteiger partial charge on any atom is 0.231 e. The molecule has 1 atom stereocenters. The van der Waals surface area contributed by atoms with Crippen LogP contribution in [0.4, 0.5) is 5.69 Å². The first-order valence-corrected chi connectivity index (χ1v) is 10.5. The summed E-state index contributed by atoms with van der Waals surface area (Å²) in [6.07, 6.45) is 4.93. The van der Waals surface area contributed by atoms with Crippen LogP contribution >= 0.6 is 0 Å². The highest BCUT2D eigenvalue weighted by molar-refractivity contribution is 5.60. The molecule has 3 aromatic rings. The largest absolute Gasteiger partial charge is 0.454 e. The summed E-state index contributed by atoms with van der Waals surface area (Å²) in [5.74, 6) is 1.70. The summed E-state index contributed by atoms with van der Waals surface area (Å²) in [6, 6.07) is 16.7. The number of hydrogen-bond acceptors (Lipinski definition) is 6. The lowest BCUT2D eigenvalue weighted by atomic mass is 9.85. The van der Waals surface area contributed by atoms with Crippen molar-refractivity contribution < 1.29 is 9.47 Å². The quantitative estimate of drug-likeness (QED) is 0.669. The second kappa shape index (κ2) is 6.99. The number of ether oxygens (including phenoxy) is 2. The summed E-state index contributed by atoms with van der Waals surface area (Å²) >= 11 is 0. The molecule has 0 unspecified atom stereocenters. The first-order valence-electron chi connectivity index (χ1n) is 10.5. The molecule has 0 saturated carbocycles. The van der Waals surface area contributed by atoms with Crippen LogP contribution in [0.3, 0.4) is 0 Å². The fourth-order valence-electron chi connectivity index (χ4n) is 5.13. The molecule has 30 heavy (non-hydrogen) atoms. The third kappa shape index (κ3) is 2.99. The highest BCUT2D eigenvalue weighted by atomic mass is 16.7. The molecular formula is C24H24N4O2. The molecule has 3 aliphatic heterocycles. The van der Waals surface area contributed by atoms with Gasteiger partial charge >= 0.3 is 0 Å². The van der Waals surface area contributed by atoms with Crippen LogP contribution in [0.25, 0.3) is 0 Å². The standard InChI is InChI=1S/C24H24N4O2/c1-2-9-25-19(4-1)14-28-16-24(23-20(28)5-3-10-26-23)8-11-27(15-24)13-18-6-7-21-22(12-18)30-17-29-21/h1-7,9-10,12H,8,11,13-17H2/t24-/m1/s1. The molecule has 152 valence electrons. The molecule has 6 heteroatoms. The zero-order valence-corrected chi connectivity index (χ0v) is 16.8. The van der Waals surface area contributed by atoms with Crippen molar-refractivity contribution in [2.24, 2.45) is 0 Å². The minimum atomic E-state index is 0.0850. The average Bonchev–Trinajstić information content (AvgIpc) is 3.48. The van der Waals surface area contributed by atoms with E-state index in [1.54, 1.807) is 0 Å². The maximum absolute atomic E-state index is 5.55. The summed E-state index contributed by atoms with van der Waals surface area (Å²) in [7, 11) is 0. The summed E-state index contributed by atoms with van der Waals surface area (Å²) in [5, 5.41) is 0. The molecule has 0 bridgehead atoms. The number of aromatic nitrogens is 2. The van der Waals surface area contributed by atoms with E-state index in [0.717, 1.165) is 56.3 Å². The van der Waals surface area contributed by atoms with Crippen molar-refractivity contribution in [3.05, 3.63) is 77.9 Å². The number of fused-ring (bicyclic) bond motifs is 3. The summed E-state index contributed by atoms with van der Waals surface area (Å²) < 4.78 is 11.0. The molecule has 1 saturated heterocycles. The van der Waals surface area contributed by atoms with Gasteiger partial charge in [0.2, 0.25) is 6.79 Å². The molecule has 2 aromatic heterocycles. The molecule has 5 heterocycles. The van der Waals surface area contributed by atoms with Crippen molar-refractivity contribution in [2.45, 2.75) is 24.9 Å². The maximum atomic E-state index is 5.55. The molecule has 0 amide bonds. The summed E-state index contributed by atoms with van der Waals surface area (Å²) in [4.78, 5) is 14.4. The predicted octanol–water partition coefficient (Wildman–Crippen LogP) is 3.37. The fourth-order valence-corrected chi connectivity index (χ4v) is 5.13. The number of benzene rings is 1. The number of rotatable bonds is 4. The van der Waals surface area contributed by atoms with E-state index in [9.17, 15) is 0 Å². The second-order valence-electron chi connectivity index (χ2n) is 8.48. The molecule has 0 aliphatic carbocycles. The number of likely N-dealkylation sites (tertiary alicyclic amines) is 1. The third-order valence-electron chi connectivity index (χ3n) is 6.48. The molecule has 1 spiro atoms. The van der Waals surface area contributed by atoms with E-state index in [1.807, 2.05) is 30.6 Å². The molecule has 3 aliphatic rings. The van der Waals surface area contributed by atoms with Crippen molar-refractivity contribution in [3.8, 4) is 11.5 Å².